The van der Waals surface area contributed by atoms with E-state index in [1.165, 1.54) is 38.5 Å². The topological polar surface area (TPSA) is 0 Å². The van der Waals surface area contributed by atoms with E-state index in [1.807, 2.05) is 11.1 Å². The average Bonchev–Trinajstić information content (AvgIpc) is 2.78. The van der Waals surface area contributed by atoms with Gasteiger partial charge >= 0.3 is 0 Å². The molecule has 0 N–H and O–H groups in total. The van der Waals surface area contributed by atoms with Gasteiger partial charge in [-0.25, -0.2) is 0 Å². The zero-order valence-corrected chi connectivity index (χ0v) is 9.40. The van der Waals surface area contributed by atoms with Gasteiger partial charge in [0.25, 0.3) is 0 Å². The maximum Gasteiger partial charge on any atom is -0.0102 e. The van der Waals surface area contributed by atoms with Gasteiger partial charge in [-0.15, -0.1) is 0 Å². The van der Waals surface area contributed by atoms with Crippen LogP contribution in [-0.2, 0) is 0 Å². The Morgan fingerprint density at radius 1 is 0.929 bits per heavy atom. The molecule has 14 heavy (non-hydrogen) atoms. The van der Waals surface area contributed by atoms with Gasteiger partial charge in [0.05, 0.1) is 0 Å². The summed E-state index contributed by atoms with van der Waals surface area (Å²) >= 11 is 0. The Kier molecular flexibility index (Phi) is 1.13. The van der Waals surface area contributed by atoms with Crippen molar-refractivity contribution >= 4 is 0 Å². The number of hydrogen-bond acceptors (Lipinski definition) is 0. The van der Waals surface area contributed by atoms with E-state index in [4.69, 9.17) is 0 Å². The van der Waals surface area contributed by atoms with E-state index in [2.05, 4.69) is 13.8 Å². The van der Waals surface area contributed by atoms with Crippen molar-refractivity contribution in [2.75, 3.05) is 0 Å². The Hall–Kier alpha value is -0.260. The van der Waals surface area contributed by atoms with E-state index in [0.29, 0.717) is 10.8 Å². The smallest absolute Gasteiger partial charge is 0.0102 e. The third-order valence-electron chi connectivity index (χ3n) is 5.86. The van der Waals surface area contributed by atoms with Crippen LogP contribution in [0.2, 0.25) is 0 Å². The first kappa shape index (κ1) is 7.96. The normalized spacial score (nSPS) is 58.7. The second-order valence-corrected chi connectivity index (χ2v) is 6.83. The molecule has 0 heteroatoms. The van der Waals surface area contributed by atoms with Crippen molar-refractivity contribution in [3.63, 3.8) is 0 Å². The molecule has 0 aliphatic heterocycles. The highest BCUT2D eigenvalue weighted by molar-refractivity contribution is 5.45. The first-order chi connectivity index (χ1) is 6.62. The van der Waals surface area contributed by atoms with Gasteiger partial charge in [0.2, 0.25) is 0 Å². The van der Waals surface area contributed by atoms with Gasteiger partial charge in [-0.3, -0.25) is 0 Å². The molecule has 0 nitrogen and oxygen atoms in total. The van der Waals surface area contributed by atoms with Crippen LogP contribution in [0.15, 0.2) is 11.1 Å². The minimum atomic E-state index is 0.657. The summed E-state index contributed by atoms with van der Waals surface area (Å²) in [6.45, 7) is 5.11. The SMILES string of the molecule is CC12CCC(C1)C1=C2C2(C)CCC1C2. The van der Waals surface area contributed by atoms with Crippen LogP contribution in [0.4, 0.5) is 0 Å². The Bertz CT molecular complexity index is 319. The summed E-state index contributed by atoms with van der Waals surface area (Å²) in [5.74, 6) is 2.06. The van der Waals surface area contributed by atoms with E-state index in [-0.39, 0.29) is 0 Å². The molecular formula is C14H20. The lowest BCUT2D eigenvalue weighted by molar-refractivity contribution is 0.298. The third-order valence-corrected chi connectivity index (χ3v) is 5.86. The molecule has 0 aromatic rings. The van der Waals surface area contributed by atoms with Gasteiger partial charge in [-0.05, 0) is 61.2 Å². The molecule has 76 valence electrons. The Labute approximate surface area is 86.8 Å². The summed E-state index contributed by atoms with van der Waals surface area (Å²) in [5.41, 5.74) is 5.26. The molecule has 0 aromatic heterocycles. The van der Waals surface area contributed by atoms with E-state index < -0.39 is 0 Å². The Morgan fingerprint density at radius 2 is 1.43 bits per heavy atom. The average molecular weight is 188 g/mol. The molecule has 4 atom stereocenters. The molecular weight excluding hydrogens is 168 g/mol. The Balaban J connectivity index is 1.96. The van der Waals surface area contributed by atoms with Crippen molar-refractivity contribution in [2.24, 2.45) is 22.7 Å². The van der Waals surface area contributed by atoms with Crippen molar-refractivity contribution in [1.29, 1.82) is 0 Å². The molecule has 0 radical (unpaired) electrons. The van der Waals surface area contributed by atoms with Gasteiger partial charge in [-0.2, -0.15) is 0 Å². The molecule has 4 unspecified atom stereocenters. The van der Waals surface area contributed by atoms with Gasteiger partial charge in [0.1, 0.15) is 0 Å². The van der Waals surface area contributed by atoms with E-state index in [9.17, 15) is 0 Å². The van der Waals surface area contributed by atoms with Crippen LogP contribution < -0.4 is 0 Å². The van der Waals surface area contributed by atoms with E-state index in [1.54, 1.807) is 0 Å². The number of rotatable bonds is 0. The molecule has 0 amide bonds. The summed E-state index contributed by atoms with van der Waals surface area (Å²) in [5, 5.41) is 0. The summed E-state index contributed by atoms with van der Waals surface area (Å²) < 4.78 is 0. The first-order valence-corrected chi connectivity index (χ1v) is 6.37. The van der Waals surface area contributed by atoms with Crippen LogP contribution in [0, 0.1) is 22.7 Å². The van der Waals surface area contributed by atoms with Crippen molar-refractivity contribution in [3.8, 4) is 0 Å². The minimum absolute atomic E-state index is 0.657. The predicted molar refractivity (Wildman–Crippen MR) is 57.9 cm³/mol. The van der Waals surface area contributed by atoms with Gasteiger partial charge < -0.3 is 0 Å². The fraction of sp³-hybridized carbons (Fsp3) is 0.857. The van der Waals surface area contributed by atoms with Crippen LogP contribution in [0.25, 0.3) is 0 Å². The number of fused-ring (bicyclic) bond motifs is 8. The lowest BCUT2D eigenvalue weighted by Crippen LogP contribution is -2.25. The molecule has 4 aliphatic rings. The van der Waals surface area contributed by atoms with E-state index in [0.717, 1.165) is 11.8 Å². The van der Waals surface area contributed by atoms with Gasteiger partial charge in [0.15, 0.2) is 0 Å². The molecule has 0 aromatic carbocycles. The van der Waals surface area contributed by atoms with Crippen LogP contribution in [0.1, 0.15) is 52.4 Å². The fourth-order valence-electron chi connectivity index (χ4n) is 5.63. The molecule has 2 fully saturated rings. The standard InChI is InChI=1S/C14H20/c1-13-5-3-9(7-13)11-10-4-6-14(2,8-10)12(11)13/h9-10H,3-8H2,1-2H3. The van der Waals surface area contributed by atoms with Crippen molar-refractivity contribution in [3.05, 3.63) is 11.1 Å². The summed E-state index contributed by atoms with van der Waals surface area (Å²) in [6.07, 6.45) is 9.06. The first-order valence-electron chi connectivity index (χ1n) is 6.37. The molecule has 0 saturated heterocycles. The Morgan fingerprint density at radius 3 is 1.86 bits per heavy atom. The minimum Gasteiger partial charge on any atom is -0.0636 e. The lowest BCUT2D eigenvalue weighted by Gasteiger charge is -2.37. The van der Waals surface area contributed by atoms with E-state index >= 15 is 0 Å². The molecule has 4 bridgehead atoms. The molecule has 4 rings (SSSR count). The highest BCUT2D eigenvalue weighted by Gasteiger charge is 2.60. The summed E-state index contributed by atoms with van der Waals surface area (Å²) in [6, 6.07) is 0. The lowest BCUT2D eigenvalue weighted by atomic mass is 9.68. The molecule has 0 spiro atoms. The largest absolute Gasteiger partial charge is 0.0636 e. The molecule has 0 heterocycles. The van der Waals surface area contributed by atoms with Crippen LogP contribution >= 0.6 is 0 Å². The third kappa shape index (κ3) is 0.647. The van der Waals surface area contributed by atoms with Crippen LogP contribution in [0.5, 0.6) is 0 Å². The molecule has 4 aliphatic carbocycles. The summed E-state index contributed by atoms with van der Waals surface area (Å²) in [4.78, 5) is 0. The number of hydrogen-bond donors (Lipinski definition) is 0. The quantitative estimate of drug-likeness (QED) is 0.399. The molecule has 2 saturated carbocycles. The maximum absolute atomic E-state index is 2.56. The summed E-state index contributed by atoms with van der Waals surface area (Å²) in [7, 11) is 0. The van der Waals surface area contributed by atoms with Crippen molar-refractivity contribution in [1.82, 2.24) is 0 Å². The van der Waals surface area contributed by atoms with Crippen LogP contribution in [-0.4, -0.2) is 0 Å². The van der Waals surface area contributed by atoms with Crippen LogP contribution in [0.3, 0.4) is 0 Å². The number of allylic oxidation sites excluding steroid dienone is 2. The monoisotopic (exact) mass is 188 g/mol. The predicted octanol–water partition coefficient (Wildman–Crippen LogP) is 3.92. The van der Waals surface area contributed by atoms with Crippen molar-refractivity contribution < 1.29 is 0 Å². The van der Waals surface area contributed by atoms with Gasteiger partial charge in [-0.1, -0.05) is 25.0 Å². The maximum atomic E-state index is 2.56. The zero-order valence-electron chi connectivity index (χ0n) is 9.40. The highest BCUT2D eigenvalue weighted by atomic mass is 14.6. The van der Waals surface area contributed by atoms with Gasteiger partial charge in [0, 0.05) is 0 Å². The highest BCUT2D eigenvalue weighted by Crippen LogP contribution is 2.72. The zero-order chi connectivity index (χ0) is 9.55. The fourth-order valence-corrected chi connectivity index (χ4v) is 5.63. The van der Waals surface area contributed by atoms with Crippen molar-refractivity contribution in [2.45, 2.75) is 52.4 Å². The second kappa shape index (κ2) is 1.99. The second-order valence-electron chi connectivity index (χ2n) is 6.83.